The van der Waals surface area contributed by atoms with Crippen LogP contribution in [0.1, 0.15) is 5.69 Å². The maximum Gasteiger partial charge on any atom is 0.240 e. The fraction of sp³-hybridized carbons (Fsp3) is 0.0625. The quantitative estimate of drug-likeness (QED) is 0.580. The van der Waals surface area contributed by atoms with E-state index in [9.17, 15) is 0 Å². The third kappa shape index (κ3) is 1.82. The first kappa shape index (κ1) is 11.8. The van der Waals surface area contributed by atoms with Gasteiger partial charge in [-0.3, -0.25) is 4.98 Å². The van der Waals surface area contributed by atoms with Crippen LogP contribution in [0.3, 0.4) is 0 Å². The van der Waals surface area contributed by atoms with Gasteiger partial charge in [-0.1, -0.05) is 18.2 Å². The lowest BCUT2D eigenvalue weighted by Crippen LogP contribution is -1.97. The van der Waals surface area contributed by atoms with Crippen molar-refractivity contribution in [3.8, 4) is 11.1 Å². The SMILES string of the molecule is Cc1c(-c2cnc3ccccc3c2)ccc2nc(N)nn12. The number of anilines is 1. The van der Waals surface area contributed by atoms with Gasteiger partial charge in [-0.05, 0) is 31.2 Å². The molecule has 0 fully saturated rings. The zero-order chi connectivity index (χ0) is 14.4. The Kier molecular flexibility index (Phi) is 2.41. The molecule has 4 aromatic rings. The molecule has 0 atom stereocenters. The first-order chi connectivity index (χ1) is 10.2. The van der Waals surface area contributed by atoms with Gasteiger partial charge in [0.25, 0.3) is 0 Å². The smallest absolute Gasteiger partial charge is 0.240 e. The highest BCUT2D eigenvalue weighted by molar-refractivity contribution is 5.84. The molecule has 0 aliphatic rings. The molecule has 0 spiro atoms. The van der Waals surface area contributed by atoms with Crippen molar-refractivity contribution < 1.29 is 0 Å². The van der Waals surface area contributed by atoms with E-state index < -0.39 is 0 Å². The van der Waals surface area contributed by atoms with Crippen LogP contribution in [0, 0.1) is 6.92 Å². The predicted octanol–water partition coefficient (Wildman–Crippen LogP) is 2.84. The molecule has 0 bridgehead atoms. The van der Waals surface area contributed by atoms with E-state index in [1.807, 2.05) is 43.5 Å². The Bertz CT molecular complexity index is 971. The Labute approximate surface area is 121 Å². The molecular weight excluding hydrogens is 262 g/mol. The van der Waals surface area contributed by atoms with E-state index in [0.29, 0.717) is 0 Å². The minimum absolute atomic E-state index is 0.284. The van der Waals surface area contributed by atoms with Crippen molar-refractivity contribution in [2.45, 2.75) is 6.92 Å². The number of nitrogen functional groups attached to an aromatic ring is 1. The highest BCUT2D eigenvalue weighted by atomic mass is 15.3. The van der Waals surface area contributed by atoms with Crippen LogP contribution in [-0.4, -0.2) is 19.6 Å². The lowest BCUT2D eigenvalue weighted by molar-refractivity contribution is 0.922. The van der Waals surface area contributed by atoms with Crippen molar-refractivity contribution in [3.05, 3.63) is 54.4 Å². The molecule has 5 heteroatoms. The Morgan fingerprint density at radius 2 is 1.95 bits per heavy atom. The van der Waals surface area contributed by atoms with Crippen LogP contribution in [0.5, 0.6) is 0 Å². The Hall–Kier alpha value is -2.95. The molecule has 2 N–H and O–H groups in total. The Balaban J connectivity index is 1.97. The molecule has 4 rings (SSSR count). The van der Waals surface area contributed by atoms with Crippen LogP contribution >= 0.6 is 0 Å². The number of aromatic nitrogens is 4. The van der Waals surface area contributed by atoms with Gasteiger partial charge in [-0.2, -0.15) is 4.98 Å². The van der Waals surface area contributed by atoms with Gasteiger partial charge in [0.2, 0.25) is 5.95 Å². The van der Waals surface area contributed by atoms with Gasteiger partial charge in [-0.15, -0.1) is 5.10 Å². The molecule has 1 aromatic carbocycles. The van der Waals surface area contributed by atoms with Crippen LogP contribution in [0.15, 0.2) is 48.7 Å². The number of nitrogens with zero attached hydrogens (tertiary/aromatic N) is 4. The third-order valence-electron chi connectivity index (χ3n) is 3.66. The van der Waals surface area contributed by atoms with Gasteiger partial charge in [-0.25, -0.2) is 4.52 Å². The molecule has 102 valence electrons. The topological polar surface area (TPSA) is 69.1 Å². The number of fused-ring (bicyclic) bond motifs is 2. The second-order valence-electron chi connectivity index (χ2n) is 4.99. The molecule has 0 unspecified atom stereocenters. The number of aryl methyl sites for hydroxylation is 1. The standard InChI is InChI=1S/C16H13N5/c1-10-13(6-7-15-19-16(17)20-21(10)15)12-8-11-4-2-3-5-14(11)18-9-12/h2-9H,1H3,(H2,17,20). The summed E-state index contributed by atoms with van der Waals surface area (Å²) < 4.78 is 1.76. The first-order valence-electron chi connectivity index (χ1n) is 6.69. The maximum atomic E-state index is 5.67. The summed E-state index contributed by atoms with van der Waals surface area (Å²) in [7, 11) is 0. The van der Waals surface area contributed by atoms with Crippen molar-refractivity contribution >= 4 is 22.5 Å². The van der Waals surface area contributed by atoms with E-state index in [1.54, 1.807) is 4.52 Å². The molecule has 0 saturated carbocycles. The molecule has 0 amide bonds. The van der Waals surface area contributed by atoms with Crippen molar-refractivity contribution in [1.82, 2.24) is 19.6 Å². The highest BCUT2D eigenvalue weighted by Crippen LogP contribution is 2.26. The van der Waals surface area contributed by atoms with Crippen LogP contribution in [-0.2, 0) is 0 Å². The van der Waals surface area contributed by atoms with Crippen molar-refractivity contribution in [3.63, 3.8) is 0 Å². The summed E-state index contributed by atoms with van der Waals surface area (Å²) in [5.41, 5.74) is 10.5. The summed E-state index contributed by atoms with van der Waals surface area (Å²) in [5.74, 6) is 0.284. The number of pyridine rings is 2. The van der Waals surface area contributed by atoms with Crippen LogP contribution in [0.4, 0.5) is 5.95 Å². The van der Waals surface area contributed by atoms with Crippen LogP contribution in [0.2, 0.25) is 0 Å². The van der Waals surface area contributed by atoms with E-state index >= 15 is 0 Å². The molecule has 21 heavy (non-hydrogen) atoms. The van der Waals surface area contributed by atoms with Crippen molar-refractivity contribution in [1.29, 1.82) is 0 Å². The van der Waals surface area contributed by atoms with E-state index in [0.717, 1.165) is 33.4 Å². The van der Waals surface area contributed by atoms with E-state index in [1.165, 1.54) is 0 Å². The summed E-state index contributed by atoms with van der Waals surface area (Å²) in [4.78, 5) is 8.69. The highest BCUT2D eigenvalue weighted by Gasteiger charge is 2.09. The largest absolute Gasteiger partial charge is 0.366 e. The summed E-state index contributed by atoms with van der Waals surface area (Å²) in [6.45, 7) is 2.01. The summed E-state index contributed by atoms with van der Waals surface area (Å²) >= 11 is 0. The lowest BCUT2D eigenvalue weighted by Gasteiger charge is -2.08. The Morgan fingerprint density at radius 1 is 1.10 bits per heavy atom. The van der Waals surface area contributed by atoms with Gasteiger partial charge in [0, 0.05) is 28.4 Å². The van der Waals surface area contributed by atoms with Crippen LogP contribution in [0.25, 0.3) is 27.7 Å². The summed E-state index contributed by atoms with van der Waals surface area (Å²) in [5, 5.41) is 5.34. The maximum absolute atomic E-state index is 5.67. The fourth-order valence-corrected chi connectivity index (χ4v) is 2.61. The minimum Gasteiger partial charge on any atom is -0.366 e. The first-order valence-corrected chi connectivity index (χ1v) is 6.69. The number of hydrogen-bond acceptors (Lipinski definition) is 4. The van der Waals surface area contributed by atoms with Crippen molar-refractivity contribution in [2.75, 3.05) is 5.73 Å². The third-order valence-corrected chi connectivity index (χ3v) is 3.66. The van der Waals surface area contributed by atoms with Gasteiger partial charge in [0.05, 0.1) is 5.52 Å². The lowest BCUT2D eigenvalue weighted by atomic mass is 10.0. The van der Waals surface area contributed by atoms with Crippen LogP contribution < -0.4 is 5.73 Å². The molecule has 0 radical (unpaired) electrons. The number of rotatable bonds is 1. The van der Waals surface area contributed by atoms with E-state index in [2.05, 4.69) is 27.2 Å². The molecule has 0 saturated heterocycles. The number of benzene rings is 1. The fourth-order valence-electron chi connectivity index (χ4n) is 2.61. The second kappa shape index (κ2) is 4.28. The van der Waals surface area contributed by atoms with Gasteiger partial charge in [0.1, 0.15) is 0 Å². The molecule has 0 aliphatic heterocycles. The Morgan fingerprint density at radius 3 is 2.86 bits per heavy atom. The predicted molar refractivity (Wildman–Crippen MR) is 82.9 cm³/mol. The second-order valence-corrected chi connectivity index (χ2v) is 4.99. The number of para-hydroxylation sites is 1. The average Bonchev–Trinajstić information content (AvgIpc) is 2.89. The molecule has 5 nitrogen and oxygen atoms in total. The number of nitrogens with two attached hydrogens (primary N) is 1. The van der Waals surface area contributed by atoms with Gasteiger partial charge >= 0.3 is 0 Å². The zero-order valence-corrected chi connectivity index (χ0v) is 11.5. The monoisotopic (exact) mass is 275 g/mol. The molecule has 3 aromatic heterocycles. The minimum atomic E-state index is 0.284. The van der Waals surface area contributed by atoms with Gasteiger partial charge < -0.3 is 5.73 Å². The van der Waals surface area contributed by atoms with E-state index in [-0.39, 0.29) is 5.95 Å². The average molecular weight is 275 g/mol. The molecular formula is C16H13N5. The number of hydrogen-bond donors (Lipinski definition) is 1. The normalized spacial score (nSPS) is 11.3. The molecule has 3 heterocycles. The van der Waals surface area contributed by atoms with Crippen molar-refractivity contribution in [2.24, 2.45) is 0 Å². The zero-order valence-electron chi connectivity index (χ0n) is 11.5. The van der Waals surface area contributed by atoms with Gasteiger partial charge in [0.15, 0.2) is 5.65 Å². The summed E-state index contributed by atoms with van der Waals surface area (Å²) in [6, 6.07) is 14.2. The summed E-state index contributed by atoms with van der Waals surface area (Å²) in [6.07, 6.45) is 1.89. The van der Waals surface area contributed by atoms with E-state index in [4.69, 9.17) is 5.73 Å². The molecule has 0 aliphatic carbocycles.